The van der Waals surface area contributed by atoms with Crippen LogP contribution in [0, 0.1) is 6.92 Å². The number of hydrogen-bond acceptors (Lipinski definition) is 1. The van der Waals surface area contributed by atoms with Gasteiger partial charge in [0, 0.05) is 40.7 Å². The molecule has 1 heterocycles. The van der Waals surface area contributed by atoms with Gasteiger partial charge in [-0.15, -0.1) is 0 Å². The number of nitrogens with zero attached hydrogens (tertiary/aromatic N) is 2. The number of hydrogen-bond donors (Lipinski definition) is 0. The van der Waals surface area contributed by atoms with E-state index in [9.17, 15) is 0 Å². The Morgan fingerprint density at radius 2 is 1.88 bits per heavy atom. The molecule has 1 aromatic carbocycles. The molecule has 0 aliphatic carbocycles. The Balaban J connectivity index is 2.70. The van der Waals surface area contributed by atoms with Crippen molar-refractivity contribution in [3.8, 4) is 0 Å². The maximum absolute atomic E-state index is 4.09. The summed E-state index contributed by atoms with van der Waals surface area (Å²) >= 11 is 0. The number of aromatic nitrogens is 1. The molecule has 0 N–H and O–H groups in total. The normalized spacial score (nSPS) is 11.9. The molecule has 2 aromatic rings. The van der Waals surface area contributed by atoms with Crippen LogP contribution < -0.4 is 0 Å². The Kier molecular flexibility index (Phi) is 5.30. The summed E-state index contributed by atoms with van der Waals surface area (Å²) in [6, 6.07) is 8.46. The van der Waals surface area contributed by atoms with Crippen LogP contribution in [0.15, 0.2) is 79.3 Å². The van der Waals surface area contributed by atoms with E-state index in [4.69, 9.17) is 0 Å². The van der Waals surface area contributed by atoms with Crippen molar-refractivity contribution in [1.82, 2.24) is 9.47 Å². The Morgan fingerprint density at radius 1 is 1.21 bits per heavy atom. The van der Waals surface area contributed by atoms with Crippen LogP contribution in [0.1, 0.15) is 25.1 Å². The van der Waals surface area contributed by atoms with Crippen molar-refractivity contribution in [3.05, 3.63) is 90.6 Å². The molecular formula is C22H26N2. The zero-order chi connectivity index (χ0) is 17.9. The highest BCUT2D eigenvalue weighted by atomic mass is 15.2. The molecule has 0 aliphatic rings. The molecule has 124 valence electrons. The minimum absolute atomic E-state index is 0.809. The van der Waals surface area contributed by atoms with Gasteiger partial charge in [0.25, 0.3) is 0 Å². The second-order valence-electron chi connectivity index (χ2n) is 5.92. The predicted octanol–water partition coefficient (Wildman–Crippen LogP) is 5.94. The first kappa shape index (κ1) is 17.6. The maximum atomic E-state index is 4.09. The van der Waals surface area contributed by atoms with Crippen molar-refractivity contribution in [2.75, 3.05) is 0 Å². The highest BCUT2D eigenvalue weighted by Gasteiger charge is 2.14. The smallest absolute Gasteiger partial charge is 0.0485 e. The molecule has 0 radical (unpaired) electrons. The molecule has 0 amide bonds. The Bertz CT molecular complexity index is 820. The van der Waals surface area contributed by atoms with E-state index in [1.54, 1.807) is 6.08 Å². The van der Waals surface area contributed by atoms with Crippen molar-refractivity contribution in [3.63, 3.8) is 0 Å². The summed E-state index contributed by atoms with van der Waals surface area (Å²) in [5.74, 6) is 0. The van der Waals surface area contributed by atoms with Crippen molar-refractivity contribution in [2.24, 2.45) is 7.05 Å². The van der Waals surface area contributed by atoms with Crippen LogP contribution in [0.25, 0.3) is 17.0 Å². The van der Waals surface area contributed by atoms with Gasteiger partial charge in [-0.2, -0.15) is 0 Å². The molecule has 2 rings (SSSR count). The third-order valence-corrected chi connectivity index (χ3v) is 4.20. The van der Waals surface area contributed by atoms with E-state index in [0.717, 1.165) is 17.1 Å². The number of aryl methyl sites for hydroxylation is 2. The summed E-state index contributed by atoms with van der Waals surface area (Å²) in [6.07, 6.45) is 8.02. The van der Waals surface area contributed by atoms with E-state index in [0.29, 0.717) is 0 Å². The van der Waals surface area contributed by atoms with Crippen LogP contribution in [-0.4, -0.2) is 9.47 Å². The lowest BCUT2D eigenvalue weighted by atomic mass is 10.1. The molecule has 0 saturated heterocycles. The Morgan fingerprint density at radius 3 is 2.42 bits per heavy atom. The zero-order valence-electron chi connectivity index (χ0n) is 15.1. The number of benzene rings is 1. The van der Waals surface area contributed by atoms with Gasteiger partial charge in [0.05, 0.1) is 0 Å². The molecule has 0 spiro atoms. The number of rotatable bonds is 6. The van der Waals surface area contributed by atoms with Gasteiger partial charge in [-0.1, -0.05) is 44.0 Å². The van der Waals surface area contributed by atoms with Gasteiger partial charge in [-0.05, 0) is 50.6 Å². The average Bonchev–Trinajstić information content (AvgIpc) is 2.80. The maximum Gasteiger partial charge on any atom is 0.0485 e. The summed E-state index contributed by atoms with van der Waals surface area (Å²) in [5, 5.41) is 1.27. The fraction of sp³-hybridized carbons (Fsp3) is 0.182. The van der Waals surface area contributed by atoms with Crippen molar-refractivity contribution in [1.29, 1.82) is 0 Å². The van der Waals surface area contributed by atoms with E-state index < -0.39 is 0 Å². The molecule has 0 saturated carbocycles. The quantitative estimate of drug-likeness (QED) is 0.598. The third kappa shape index (κ3) is 3.13. The number of para-hydroxylation sites is 1. The van der Waals surface area contributed by atoms with Crippen LogP contribution in [-0.2, 0) is 7.05 Å². The highest BCUT2D eigenvalue weighted by Crippen LogP contribution is 2.28. The predicted molar refractivity (Wildman–Crippen MR) is 106 cm³/mol. The van der Waals surface area contributed by atoms with E-state index in [2.05, 4.69) is 74.7 Å². The number of fused-ring (bicyclic) bond motifs is 1. The van der Waals surface area contributed by atoms with E-state index >= 15 is 0 Å². The van der Waals surface area contributed by atoms with Crippen molar-refractivity contribution >= 4 is 17.0 Å². The summed E-state index contributed by atoms with van der Waals surface area (Å²) in [6.45, 7) is 18.2. The molecule has 2 nitrogen and oxygen atoms in total. The Hall–Kier alpha value is -2.74. The van der Waals surface area contributed by atoms with Gasteiger partial charge in [0.2, 0.25) is 0 Å². The monoisotopic (exact) mass is 318 g/mol. The van der Waals surface area contributed by atoms with Gasteiger partial charge in [0.1, 0.15) is 0 Å². The van der Waals surface area contributed by atoms with Gasteiger partial charge in [-0.3, -0.25) is 0 Å². The fourth-order valence-electron chi connectivity index (χ4n) is 3.03. The van der Waals surface area contributed by atoms with Gasteiger partial charge >= 0.3 is 0 Å². The van der Waals surface area contributed by atoms with Gasteiger partial charge < -0.3 is 9.47 Å². The molecule has 24 heavy (non-hydrogen) atoms. The summed E-state index contributed by atoms with van der Waals surface area (Å²) in [7, 11) is 2.10. The fourth-order valence-corrected chi connectivity index (χ4v) is 3.03. The molecule has 0 bridgehead atoms. The molecule has 0 atom stereocenters. The highest BCUT2D eigenvalue weighted by molar-refractivity contribution is 5.88. The van der Waals surface area contributed by atoms with Crippen LogP contribution in [0.5, 0.6) is 0 Å². The minimum atomic E-state index is 0.809. The third-order valence-electron chi connectivity index (χ3n) is 4.20. The summed E-state index contributed by atoms with van der Waals surface area (Å²) < 4.78 is 2.22. The first-order valence-electron chi connectivity index (χ1n) is 8.07. The molecule has 2 heteroatoms. The molecule has 0 unspecified atom stereocenters. The number of allylic oxidation sites excluding steroid dienone is 4. The second-order valence-corrected chi connectivity index (χ2v) is 5.92. The Labute approximate surface area is 145 Å². The first-order chi connectivity index (χ1) is 11.4. The van der Waals surface area contributed by atoms with E-state index in [-0.39, 0.29) is 0 Å². The molecule has 0 aliphatic heterocycles. The molecule has 0 fully saturated rings. The standard InChI is InChI=1S/C22H26N2/c1-8-12-19(24(16(3)4)17(5)9-2)15-22-18(6)20-13-10-11-14-21(20)23(22)7/h8-15H,2-3,5H2,1,4,6-7H3/b12-8-,19-15+. The van der Waals surface area contributed by atoms with Crippen LogP contribution in [0.4, 0.5) is 0 Å². The van der Waals surface area contributed by atoms with Crippen molar-refractivity contribution in [2.45, 2.75) is 20.8 Å². The molecular weight excluding hydrogens is 292 g/mol. The lowest BCUT2D eigenvalue weighted by Crippen LogP contribution is -2.17. The van der Waals surface area contributed by atoms with Crippen LogP contribution >= 0.6 is 0 Å². The minimum Gasteiger partial charge on any atom is -0.344 e. The summed E-state index contributed by atoms with van der Waals surface area (Å²) in [4.78, 5) is 2.02. The average molecular weight is 318 g/mol. The van der Waals surface area contributed by atoms with E-state index in [1.807, 2.05) is 24.8 Å². The molecule has 1 aromatic heterocycles. The second kappa shape index (κ2) is 7.22. The van der Waals surface area contributed by atoms with Gasteiger partial charge in [-0.25, -0.2) is 0 Å². The van der Waals surface area contributed by atoms with Crippen LogP contribution in [0.3, 0.4) is 0 Å². The van der Waals surface area contributed by atoms with Crippen LogP contribution in [0.2, 0.25) is 0 Å². The van der Waals surface area contributed by atoms with E-state index in [1.165, 1.54) is 22.2 Å². The lowest BCUT2D eigenvalue weighted by Gasteiger charge is -2.26. The first-order valence-corrected chi connectivity index (χ1v) is 8.07. The topological polar surface area (TPSA) is 8.17 Å². The largest absolute Gasteiger partial charge is 0.344 e. The lowest BCUT2D eigenvalue weighted by molar-refractivity contribution is 0.570. The zero-order valence-corrected chi connectivity index (χ0v) is 15.1. The van der Waals surface area contributed by atoms with Crippen molar-refractivity contribution < 1.29 is 0 Å². The van der Waals surface area contributed by atoms with Gasteiger partial charge in [0.15, 0.2) is 0 Å². The SMILES string of the molecule is C=CC(=C)N(C(=C)C)C(/C=C\C)=C/c1c(C)c2ccccc2n1C. The summed E-state index contributed by atoms with van der Waals surface area (Å²) in [5.41, 5.74) is 6.40.